The Morgan fingerprint density at radius 2 is 1.68 bits per heavy atom. The topological polar surface area (TPSA) is 139 Å². The summed E-state index contributed by atoms with van der Waals surface area (Å²) in [7, 11) is 2.18. The molecule has 3 heterocycles. The zero-order valence-electron chi connectivity index (χ0n) is 20.5. The van der Waals surface area contributed by atoms with Gasteiger partial charge in [0.2, 0.25) is 0 Å². The summed E-state index contributed by atoms with van der Waals surface area (Å²) in [5.74, 6) is -0.475. The van der Waals surface area contributed by atoms with Crippen molar-refractivity contribution in [1.29, 1.82) is 0 Å². The van der Waals surface area contributed by atoms with Gasteiger partial charge in [0.25, 0.3) is 12.4 Å². The highest BCUT2D eigenvalue weighted by Gasteiger charge is 2.39. The van der Waals surface area contributed by atoms with E-state index in [1.165, 1.54) is 25.0 Å². The van der Waals surface area contributed by atoms with Crippen molar-refractivity contribution in [1.82, 2.24) is 31.0 Å². The second kappa shape index (κ2) is 11.8. The maximum absolute atomic E-state index is 13.0. The Labute approximate surface area is 213 Å². The van der Waals surface area contributed by atoms with Gasteiger partial charge < -0.3 is 26.0 Å². The lowest BCUT2D eigenvalue weighted by Crippen LogP contribution is -2.48. The van der Waals surface area contributed by atoms with E-state index in [1.807, 2.05) is 18.2 Å². The first-order valence-corrected chi connectivity index (χ1v) is 12.2. The third-order valence-corrected chi connectivity index (χ3v) is 7.10. The Hall–Kier alpha value is -3.99. The van der Waals surface area contributed by atoms with Crippen molar-refractivity contribution in [2.24, 2.45) is 0 Å². The number of hydrogen-bond acceptors (Lipinski definition) is 5. The van der Waals surface area contributed by atoms with Crippen LogP contribution in [0.15, 0.2) is 42.5 Å². The number of aromatic amines is 1. The van der Waals surface area contributed by atoms with Gasteiger partial charge in [-0.25, -0.2) is 9.18 Å². The van der Waals surface area contributed by atoms with Crippen LogP contribution >= 0.6 is 0 Å². The van der Waals surface area contributed by atoms with Crippen LogP contribution in [-0.2, 0) is 17.9 Å². The van der Waals surface area contributed by atoms with Crippen LogP contribution in [0, 0.1) is 5.82 Å². The van der Waals surface area contributed by atoms with Crippen LogP contribution in [0.4, 0.5) is 9.18 Å². The molecule has 0 saturated carbocycles. The highest BCUT2D eigenvalue weighted by molar-refractivity contribution is 6.05. The van der Waals surface area contributed by atoms with E-state index in [2.05, 4.69) is 38.1 Å². The number of rotatable bonds is 6. The molecule has 5 N–H and O–H groups in total. The van der Waals surface area contributed by atoms with Gasteiger partial charge in [-0.15, -0.1) is 0 Å². The molecule has 2 unspecified atom stereocenters. The van der Waals surface area contributed by atoms with Gasteiger partial charge in [0, 0.05) is 36.6 Å². The molecule has 2 saturated heterocycles. The molecule has 0 radical (unpaired) electrons. The van der Waals surface area contributed by atoms with Crippen molar-refractivity contribution >= 4 is 29.3 Å². The quantitative estimate of drug-likeness (QED) is 0.323. The molecule has 37 heavy (non-hydrogen) atoms. The zero-order valence-corrected chi connectivity index (χ0v) is 20.5. The van der Waals surface area contributed by atoms with Crippen LogP contribution in [0.3, 0.4) is 0 Å². The van der Waals surface area contributed by atoms with Gasteiger partial charge in [0.1, 0.15) is 5.82 Å². The standard InChI is InChI=1S/C25H29FN6O2.CH2O2/c1-32-19-7-8-20(32)12-18(11-19)29-24(33)23-21-10-16(4-9-22(21)30-31-23)14-28-25(34)27-13-15-2-5-17(26)6-3-15;2-1-3/h2-6,9-10,18-20H,7-8,11-14H2,1H3,(H,29,33)(H,30,31)(H2,27,28,34);1H,(H,2,3). The lowest BCUT2D eigenvalue weighted by Gasteiger charge is -2.36. The second-order valence-corrected chi connectivity index (χ2v) is 9.41. The number of carbonyl (C=O) groups is 3. The van der Waals surface area contributed by atoms with E-state index in [-0.39, 0.29) is 30.3 Å². The van der Waals surface area contributed by atoms with E-state index < -0.39 is 0 Å². The summed E-state index contributed by atoms with van der Waals surface area (Å²) < 4.78 is 13.0. The minimum absolute atomic E-state index is 0.164. The van der Waals surface area contributed by atoms with E-state index in [1.54, 1.807) is 12.1 Å². The molecular formula is C26H31FN6O4. The molecule has 2 bridgehead atoms. The Morgan fingerprint density at radius 3 is 2.32 bits per heavy atom. The van der Waals surface area contributed by atoms with Crippen LogP contribution in [0.5, 0.6) is 0 Å². The van der Waals surface area contributed by atoms with Crippen molar-refractivity contribution in [2.75, 3.05) is 7.05 Å². The molecule has 196 valence electrons. The molecule has 2 aliphatic rings. The third-order valence-electron chi connectivity index (χ3n) is 7.10. The lowest BCUT2D eigenvalue weighted by atomic mass is 9.98. The summed E-state index contributed by atoms with van der Waals surface area (Å²) in [6.45, 7) is 0.353. The van der Waals surface area contributed by atoms with E-state index in [0.29, 0.717) is 30.9 Å². The van der Waals surface area contributed by atoms with Crippen molar-refractivity contribution in [2.45, 2.75) is 56.9 Å². The van der Waals surface area contributed by atoms with E-state index in [0.717, 1.165) is 34.9 Å². The Kier molecular flexibility index (Phi) is 8.34. The molecule has 0 spiro atoms. The smallest absolute Gasteiger partial charge is 0.315 e. The van der Waals surface area contributed by atoms with Crippen molar-refractivity contribution in [3.63, 3.8) is 0 Å². The van der Waals surface area contributed by atoms with E-state index in [4.69, 9.17) is 9.90 Å². The molecule has 3 aromatic rings. The predicted octanol–water partition coefficient (Wildman–Crippen LogP) is 2.76. The number of amides is 3. The van der Waals surface area contributed by atoms with Gasteiger partial charge in [-0.1, -0.05) is 18.2 Å². The lowest BCUT2D eigenvalue weighted by molar-refractivity contribution is -0.122. The number of carboxylic acid groups (broad SMARTS) is 1. The number of hydrogen-bond donors (Lipinski definition) is 5. The fourth-order valence-electron chi connectivity index (χ4n) is 5.16. The second-order valence-electron chi connectivity index (χ2n) is 9.41. The van der Waals surface area contributed by atoms with Crippen LogP contribution in [0.2, 0.25) is 0 Å². The molecule has 1 aromatic heterocycles. The summed E-state index contributed by atoms with van der Waals surface area (Å²) in [6.07, 6.45) is 4.35. The number of H-pyrrole nitrogens is 1. The van der Waals surface area contributed by atoms with E-state index >= 15 is 0 Å². The normalized spacial score (nSPS) is 20.5. The van der Waals surface area contributed by atoms with Gasteiger partial charge >= 0.3 is 6.03 Å². The van der Waals surface area contributed by atoms with Gasteiger partial charge in [0.05, 0.1) is 5.52 Å². The zero-order chi connectivity index (χ0) is 26.4. The minimum atomic E-state index is -0.327. The number of carbonyl (C=O) groups excluding carboxylic acids is 2. The number of nitrogens with zero attached hydrogens (tertiary/aromatic N) is 2. The van der Waals surface area contributed by atoms with Crippen LogP contribution in [-0.4, -0.2) is 63.8 Å². The molecule has 3 amide bonds. The maximum Gasteiger partial charge on any atom is 0.315 e. The fraction of sp³-hybridized carbons (Fsp3) is 0.385. The number of fused-ring (bicyclic) bond motifs is 3. The SMILES string of the molecule is CN1C2CCC1CC(NC(=O)c1n[nH]c3ccc(CNC(=O)NCc4ccc(F)cc4)cc13)C2.O=CO. The van der Waals surface area contributed by atoms with Gasteiger partial charge in [-0.05, 0) is 68.1 Å². The highest BCUT2D eigenvalue weighted by atomic mass is 19.1. The molecule has 10 nitrogen and oxygen atoms in total. The molecule has 5 rings (SSSR count). The maximum atomic E-state index is 13.0. The number of halogens is 1. The van der Waals surface area contributed by atoms with Gasteiger partial charge in [-0.2, -0.15) is 5.10 Å². The first-order valence-electron chi connectivity index (χ1n) is 12.2. The molecule has 2 fully saturated rings. The Balaban J connectivity index is 0.00000102. The first-order chi connectivity index (χ1) is 17.9. The molecule has 0 aliphatic carbocycles. The predicted molar refractivity (Wildman–Crippen MR) is 135 cm³/mol. The number of aromatic nitrogens is 2. The molecule has 2 atom stereocenters. The average molecular weight is 511 g/mol. The Bertz CT molecular complexity index is 1230. The van der Waals surface area contributed by atoms with Crippen molar-refractivity contribution < 1.29 is 23.9 Å². The summed E-state index contributed by atoms with van der Waals surface area (Å²) >= 11 is 0. The van der Waals surface area contributed by atoms with Crippen LogP contribution in [0.25, 0.3) is 10.9 Å². The first kappa shape index (κ1) is 26.1. The summed E-state index contributed by atoms with van der Waals surface area (Å²) in [5.41, 5.74) is 2.82. The summed E-state index contributed by atoms with van der Waals surface area (Å²) in [5, 5.41) is 23.6. The molecule has 11 heteroatoms. The number of piperidine rings is 1. The largest absolute Gasteiger partial charge is 0.483 e. The Morgan fingerprint density at radius 1 is 1.08 bits per heavy atom. The molecule has 2 aromatic carbocycles. The van der Waals surface area contributed by atoms with Gasteiger partial charge in [0.15, 0.2) is 5.69 Å². The fourth-order valence-corrected chi connectivity index (χ4v) is 5.16. The monoisotopic (exact) mass is 510 g/mol. The summed E-state index contributed by atoms with van der Waals surface area (Å²) in [4.78, 5) is 36.0. The molecule has 2 aliphatic heterocycles. The molecular weight excluding hydrogens is 479 g/mol. The number of urea groups is 1. The van der Waals surface area contributed by atoms with Crippen LogP contribution < -0.4 is 16.0 Å². The average Bonchev–Trinajstić information content (AvgIpc) is 3.38. The van der Waals surface area contributed by atoms with Crippen molar-refractivity contribution in [3.05, 3.63) is 65.1 Å². The third kappa shape index (κ3) is 6.42. The van der Waals surface area contributed by atoms with Crippen molar-refractivity contribution in [3.8, 4) is 0 Å². The number of benzene rings is 2. The highest BCUT2D eigenvalue weighted by Crippen LogP contribution is 2.34. The van der Waals surface area contributed by atoms with Crippen LogP contribution in [0.1, 0.15) is 47.3 Å². The summed E-state index contributed by atoms with van der Waals surface area (Å²) in [6, 6.07) is 12.6. The minimum Gasteiger partial charge on any atom is -0.483 e. The van der Waals surface area contributed by atoms with E-state index in [9.17, 15) is 14.0 Å². The van der Waals surface area contributed by atoms with Gasteiger partial charge in [-0.3, -0.25) is 14.7 Å². The number of nitrogens with one attached hydrogen (secondary N) is 4.